The van der Waals surface area contributed by atoms with Crippen LogP contribution in [0.15, 0.2) is 68.4 Å². The van der Waals surface area contributed by atoms with E-state index in [1.807, 2.05) is 25.1 Å². The Balaban J connectivity index is 1.59. The standard InChI is InChI=1S/C24H26N2O3S2/c1-17(26-27)22-4-3-21(14-19(22)13-18-5-9-25-10-6-18)31-23-15-20(16-30-23)24(28-2)7-11-29-12-8-24/h3-6,9-10,14-16,27H,7-8,11-13H2,1-2H3/b26-17+. The maximum Gasteiger partial charge on any atom is 0.0979 e. The number of pyridine rings is 1. The van der Waals surface area contributed by atoms with Crippen molar-refractivity contribution in [1.29, 1.82) is 0 Å². The van der Waals surface area contributed by atoms with E-state index in [0.29, 0.717) is 5.71 Å². The summed E-state index contributed by atoms with van der Waals surface area (Å²) in [5.41, 5.74) is 4.86. The molecule has 0 spiro atoms. The number of nitrogens with zero attached hydrogens (tertiary/aromatic N) is 2. The van der Waals surface area contributed by atoms with Crippen LogP contribution in [0.4, 0.5) is 0 Å². The zero-order chi connectivity index (χ0) is 21.7. The van der Waals surface area contributed by atoms with Crippen LogP contribution in [0.5, 0.6) is 0 Å². The fourth-order valence-electron chi connectivity index (χ4n) is 3.94. The van der Waals surface area contributed by atoms with Crippen LogP contribution in [0.25, 0.3) is 0 Å². The van der Waals surface area contributed by atoms with Gasteiger partial charge in [0.15, 0.2) is 0 Å². The minimum atomic E-state index is -0.237. The third-order valence-electron chi connectivity index (χ3n) is 5.77. The molecule has 1 saturated heterocycles. The molecular weight excluding hydrogens is 428 g/mol. The van der Waals surface area contributed by atoms with Crippen molar-refractivity contribution in [2.45, 2.75) is 40.9 Å². The molecule has 0 bridgehead atoms. The summed E-state index contributed by atoms with van der Waals surface area (Å²) in [7, 11) is 1.80. The third-order valence-corrected chi connectivity index (χ3v) is 7.84. The van der Waals surface area contributed by atoms with Gasteiger partial charge in [-0.1, -0.05) is 23.0 Å². The van der Waals surface area contributed by atoms with Crippen molar-refractivity contribution in [3.63, 3.8) is 0 Å². The number of oxime groups is 1. The van der Waals surface area contributed by atoms with Gasteiger partial charge in [-0.3, -0.25) is 4.98 Å². The lowest BCUT2D eigenvalue weighted by Gasteiger charge is -2.35. The molecule has 0 atom stereocenters. The minimum absolute atomic E-state index is 0.237. The Bertz CT molecular complexity index is 1040. The van der Waals surface area contributed by atoms with Gasteiger partial charge in [-0.25, -0.2) is 0 Å². The Hall–Kier alpha value is -2.19. The first kappa shape index (κ1) is 22.0. The van der Waals surface area contributed by atoms with Gasteiger partial charge in [0, 0.05) is 56.0 Å². The first-order valence-electron chi connectivity index (χ1n) is 10.2. The Morgan fingerprint density at radius 1 is 1.23 bits per heavy atom. The fraction of sp³-hybridized carbons (Fsp3) is 0.333. The zero-order valence-corrected chi connectivity index (χ0v) is 19.3. The van der Waals surface area contributed by atoms with Crippen LogP contribution in [-0.4, -0.2) is 36.2 Å². The Morgan fingerprint density at radius 3 is 2.71 bits per heavy atom. The van der Waals surface area contributed by atoms with Gasteiger partial charge >= 0.3 is 0 Å². The highest BCUT2D eigenvalue weighted by atomic mass is 32.2. The van der Waals surface area contributed by atoms with Crippen molar-refractivity contribution in [3.8, 4) is 0 Å². The number of ether oxygens (including phenoxy) is 2. The van der Waals surface area contributed by atoms with Gasteiger partial charge < -0.3 is 14.7 Å². The Morgan fingerprint density at radius 2 is 2.00 bits per heavy atom. The second kappa shape index (κ2) is 9.96. The smallest absolute Gasteiger partial charge is 0.0979 e. The van der Waals surface area contributed by atoms with E-state index < -0.39 is 0 Å². The summed E-state index contributed by atoms with van der Waals surface area (Å²) in [6, 6.07) is 12.6. The van der Waals surface area contributed by atoms with Gasteiger partial charge in [0.2, 0.25) is 0 Å². The molecule has 4 rings (SSSR count). The van der Waals surface area contributed by atoms with Crippen LogP contribution in [0.3, 0.4) is 0 Å². The van der Waals surface area contributed by atoms with E-state index in [9.17, 15) is 5.21 Å². The Labute approximate surface area is 191 Å². The highest BCUT2D eigenvalue weighted by Gasteiger charge is 2.35. The molecule has 5 nitrogen and oxygen atoms in total. The topological polar surface area (TPSA) is 63.9 Å². The molecule has 1 N–H and O–H groups in total. The summed E-state index contributed by atoms with van der Waals surface area (Å²) in [5.74, 6) is 0. The first-order valence-corrected chi connectivity index (χ1v) is 11.9. The van der Waals surface area contributed by atoms with Crippen molar-refractivity contribution in [2.24, 2.45) is 5.16 Å². The molecule has 1 aromatic carbocycles. The van der Waals surface area contributed by atoms with Crippen molar-refractivity contribution >= 4 is 28.8 Å². The maximum absolute atomic E-state index is 9.31. The predicted molar refractivity (Wildman–Crippen MR) is 125 cm³/mol. The SMILES string of the molecule is COC1(c2csc(Sc3ccc(/C(C)=N/O)c(Cc4ccncc4)c3)c2)CCOCC1. The van der Waals surface area contributed by atoms with Gasteiger partial charge in [-0.05, 0) is 65.7 Å². The molecule has 1 fully saturated rings. The average Bonchev–Trinajstić information content (AvgIpc) is 3.29. The zero-order valence-electron chi connectivity index (χ0n) is 17.7. The lowest BCUT2D eigenvalue weighted by atomic mass is 9.88. The number of aromatic nitrogens is 1. The monoisotopic (exact) mass is 454 g/mol. The van der Waals surface area contributed by atoms with Gasteiger partial charge in [-0.2, -0.15) is 0 Å². The van der Waals surface area contributed by atoms with Crippen LogP contribution in [0, 0.1) is 0 Å². The van der Waals surface area contributed by atoms with Crippen LogP contribution in [-0.2, 0) is 21.5 Å². The van der Waals surface area contributed by atoms with Crippen molar-refractivity contribution in [1.82, 2.24) is 4.98 Å². The first-order chi connectivity index (χ1) is 15.1. The second-order valence-corrected chi connectivity index (χ2v) is 9.89. The Kier molecular flexibility index (Phi) is 7.07. The lowest BCUT2D eigenvalue weighted by molar-refractivity contribution is -0.0946. The van der Waals surface area contributed by atoms with E-state index >= 15 is 0 Å². The molecule has 0 saturated carbocycles. The van der Waals surface area contributed by atoms with Crippen molar-refractivity contribution < 1.29 is 14.7 Å². The number of hydrogen-bond donors (Lipinski definition) is 1. The summed E-state index contributed by atoms with van der Waals surface area (Å²) in [5, 5.41) is 14.9. The normalized spacial score (nSPS) is 16.4. The molecule has 31 heavy (non-hydrogen) atoms. The van der Waals surface area contributed by atoms with Crippen molar-refractivity contribution in [3.05, 3.63) is 76.4 Å². The van der Waals surface area contributed by atoms with E-state index in [-0.39, 0.29) is 5.60 Å². The van der Waals surface area contributed by atoms with Gasteiger partial charge in [0.25, 0.3) is 0 Å². The minimum Gasteiger partial charge on any atom is -0.411 e. The molecule has 7 heteroatoms. The summed E-state index contributed by atoms with van der Waals surface area (Å²) in [6.45, 7) is 3.29. The van der Waals surface area contributed by atoms with E-state index in [0.717, 1.165) is 48.5 Å². The average molecular weight is 455 g/mol. The predicted octanol–water partition coefficient (Wildman–Crippen LogP) is 5.74. The molecule has 0 unspecified atom stereocenters. The van der Waals surface area contributed by atoms with E-state index in [1.165, 1.54) is 15.3 Å². The van der Waals surface area contributed by atoms with Gasteiger partial charge in [-0.15, -0.1) is 11.3 Å². The third kappa shape index (κ3) is 5.01. The number of thiophene rings is 1. The maximum atomic E-state index is 9.31. The number of rotatable bonds is 7. The summed E-state index contributed by atoms with van der Waals surface area (Å²) >= 11 is 3.50. The molecule has 0 radical (unpaired) electrons. The molecule has 3 heterocycles. The van der Waals surface area contributed by atoms with E-state index in [1.54, 1.807) is 42.6 Å². The number of benzene rings is 1. The number of hydrogen-bond acceptors (Lipinski definition) is 7. The van der Waals surface area contributed by atoms with Crippen LogP contribution >= 0.6 is 23.1 Å². The largest absolute Gasteiger partial charge is 0.411 e. The van der Waals surface area contributed by atoms with Crippen LogP contribution in [0.2, 0.25) is 0 Å². The van der Waals surface area contributed by atoms with Crippen LogP contribution < -0.4 is 0 Å². The molecule has 162 valence electrons. The molecule has 1 aliphatic rings. The molecule has 1 aliphatic heterocycles. The summed E-state index contributed by atoms with van der Waals surface area (Å²) in [4.78, 5) is 5.26. The molecule has 3 aromatic rings. The molecule has 2 aromatic heterocycles. The quantitative estimate of drug-likeness (QED) is 0.280. The van der Waals surface area contributed by atoms with Gasteiger partial charge in [0.05, 0.1) is 15.5 Å². The molecular formula is C24H26N2O3S2. The summed E-state index contributed by atoms with van der Waals surface area (Å²) in [6.07, 6.45) is 6.12. The van der Waals surface area contributed by atoms with E-state index in [4.69, 9.17) is 9.47 Å². The van der Waals surface area contributed by atoms with Crippen molar-refractivity contribution in [2.75, 3.05) is 20.3 Å². The highest BCUT2D eigenvalue weighted by Crippen LogP contribution is 2.41. The number of methoxy groups -OCH3 is 1. The van der Waals surface area contributed by atoms with Gasteiger partial charge in [0.1, 0.15) is 0 Å². The van der Waals surface area contributed by atoms with E-state index in [2.05, 4.69) is 33.7 Å². The molecule has 0 amide bonds. The highest BCUT2D eigenvalue weighted by molar-refractivity contribution is 8.01. The fourth-order valence-corrected chi connectivity index (χ4v) is 6.05. The second-order valence-electron chi connectivity index (χ2n) is 7.60. The summed E-state index contributed by atoms with van der Waals surface area (Å²) < 4.78 is 12.7. The molecule has 0 aliphatic carbocycles. The lowest BCUT2D eigenvalue weighted by Crippen LogP contribution is -2.35. The van der Waals surface area contributed by atoms with Crippen LogP contribution in [0.1, 0.15) is 42.0 Å².